The summed E-state index contributed by atoms with van der Waals surface area (Å²) in [5.74, 6) is 1.86. The molecule has 1 aliphatic heterocycles. The molecule has 4 nitrogen and oxygen atoms in total. The highest BCUT2D eigenvalue weighted by Gasteiger charge is 2.60. The van der Waals surface area contributed by atoms with E-state index < -0.39 is 11.0 Å². The third-order valence-corrected chi connectivity index (χ3v) is 2.70. The molecule has 0 aromatic rings. The van der Waals surface area contributed by atoms with Crippen LogP contribution >= 0.6 is 0 Å². The van der Waals surface area contributed by atoms with Gasteiger partial charge in [0.05, 0.1) is 4.91 Å². The number of nitrogens with zero attached hydrogens (tertiary/aromatic N) is 2. The molecule has 0 atom stereocenters. The van der Waals surface area contributed by atoms with Gasteiger partial charge in [0.2, 0.25) is 0 Å². The number of hydrogen-bond donors (Lipinski definition) is 0. The molecule has 0 bridgehead atoms. The molecule has 0 amide bonds. The first-order valence-electron chi connectivity index (χ1n) is 3.77. The molecule has 1 heterocycles. The van der Waals surface area contributed by atoms with Gasteiger partial charge in [0.15, 0.2) is 5.60 Å². The zero-order valence-electron chi connectivity index (χ0n) is 7.71. The van der Waals surface area contributed by atoms with Crippen molar-refractivity contribution in [2.75, 3.05) is 0 Å². The van der Waals surface area contributed by atoms with Gasteiger partial charge >= 0.3 is 5.70 Å². The van der Waals surface area contributed by atoms with Crippen LogP contribution in [-0.2, 0) is 4.84 Å². The molecule has 0 aromatic heterocycles. The fourth-order valence-corrected chi connectivity index (χ4v) is 1.06. The number of rotatable bonds is 0. The Bertz CT molecular complexity index is 285. The SMILES string of the molecule is CC1(C)O[N+](=O)C(=C=[N-])C1(C)C. The number of hydrogen-bond acceptors (Lipinski definition) is 2. The van der Waals surface area contributed by atoms with Crippen LogP contribution in [0.5, 0.6) is 0 Å². The van der Waals surface area contributed by atoms with Gasteiger partial charge in [-0.3, -0.25) is 0 Å². The van der Waals surface area contributed by atoms with Crippen molar-refractivity contribution in [1.82, 2.24) is 0 Å². The summed E-state index contributed by atoms with van der Waals surface area (Å²) in [7, 11) is 0. The topological polar surface area (TPSA) is 51.6 Å². The van der Waals surface area contributed by atoms with Crippen LogP contribution in [0.25, 0.3) is 5.41 Å². The van der Waals surface area contributed by atoms with Gasteiger partial charge in [-0.15, -0.1) is 0 Å². The van der Waals surface area contributed by atoms with Crippen molar-refractivity contribution >= 4 is 5.87 Å². The van der Waals surface area contributed by atoms with Gasteiger partial charge in [-0.05, 0) is 27.7 Å². The maximum Gasteiger partial charge on any atom is 0.322 e. The molecule has 0 radical (unpaired) electrons. The first-order chi connectivity index (χ1) is 5.33. The summed E-state index contributed by atoms with van der Waals surface area (Å²) in [5, 5.41) is 8.70. The van der Waals surface area contributed by atoms with Crippen molar-refractivity contribution in [3.8, 4) is 0 Å². The summed E-state index contributed by atoms with van der Waals surface area (Å²) in [6, 6.07) is 0. The van der Waals surface area contributed by atoms with Gasteiger partial charge in [-0.1, -0.05) is 0 Å². The van der Waals surface area contributed by atoms with Crippen LogP contribution in [0, 0.1) is 10.3 Å². The van der Waals surface area contributed by atoms with E-state index in [0.717, 1.165) is 0 Å². The first kappa shape index (κ1) is 8.94. The van der Waals surface area contributed by atoms with E-state index in [2.05, 4.69) is 0 Å². The Labute approximate surface area is 71.3 Å². The first-order valence-corrected chi connectivity index (χ1v) is 3.77. The van der Waals surface area contributed by atoms with E-state index in [-0.39, 0.29) is 5.70 Å². The lowest BCUT2D eigenvalue weighted by atomic mass is 9.76. The highest BCUT2D eigenvalue weighted by molar-refractivity contribution is 5.60. The molecular formula is C8H12N2O2. The Balaban J connectivity index is 3.27. The highest BCUT2D eigenvalue weighted by atomic mass is 16.8. The van der Waals surface area contributed by atoms with E-state index in [1.807, 2.05) is 19.7 Å². The van der Waals surface area contributed by atoms with Crippen LogP contribution in [-0.4, -0.2) is 16.4 Å². The maximum atomic E-state index is 11.1. The van der Waals surface area contributed by atoms with Crippen molar-refractivity contribution in [3.63, 3.8) is 0 Å². The third-order valence-electron chi connectivity index (χ3n) is 2.70. The minimum atomic E-state index is -0.611. The summed E-state index contributed by atoms with van der Waals surface area (Å²) < 4.78 is 0. The second kappa shape index (κ2) is 2.17. The molecule has 0 aromatic carbocycles. The third kappa shape index (κ3) is 0.883. The largest absolute Gasteiger partial charge is 0.758 e. The van der Waals surface area contributed by atoms with Crippen molar-refractivity contribution in [2.24, 2.45) is 5.41 Å². The Kier molecular flexibility index (Phi) is 1.62. The standard InChI is InChI=1S/C8H12N2O2/c1-7(2)6(5-9)10(11)12-8(7,3)4/h1-4H3. The van der Waals surface area contributed by atoms with Gasteiger partial charge in [-0.2, -0.15) is 5.87 Å². The van der Waals surface area contributed by atoms with Crippen LogP contribution in [0.2, 0.25) is 0 Å². The van der Waals surface area contributed by atoms with Crippen LogP contribution in [0.3, 0.4) is 0 Å². The quantitative estimate of drug-likeness (QED) is 0.516. The molecule has 12 heavy (non-hydrogen) atoms. The molecule has 0 N–H and O–H groups in total. The second-order valence-corrected chi connectivity index (χ2v) is 3.94. The lowest BCUT2D eigenvalue weighted by Crippen LogP contribution is -2.35. The van der Waals surface area contributed by atoms with Gasteiger partial charge in [0, 0.05) is 0 Å². The van der Waals surface area contributed by atoms with Gasteiger partial charge in [0.25, 0.3) is 4.92 Å². The summed E-state index contributed by atoms with van der Waals surface area (Å²) in [6.07, 6.45) is 0. The average Bonchev–Trinajstić information content (AvgIpc) is 1.99. The Morgan fingerprint density at radius 3 is 2.08 bits per heavy atom. The average molecular weight is 168 g/mol. The molecule has 0 spiro atoms. The summed E-state index contributed by atoms with van der Waals surface area (Å²) in [6.45, 7) is 7.23. The van der Waals surface area contributed by atoms with Crippen LogP contribution in [0.4, 0.5) is 0 Å². The normalized spacial score (nSPS) is 25.0. The summed E-state index contributed by atoms with van der Waals surface area (Å²) in [4.78, 5) is 16.4. The Hall–Kier alpha value is -1.15. The van der Waals surface area contributed by atoms with E-state index in [4.69, 9.17) is 10.2 Å². The van der Waals surface area contributed by atoms with Crippen LogP contribution in [0.1, 0.15) is 27.7 Å². The summed E-state index contributed by atoms with van der Waals surface area (Å²) >= 11 is 0. The zero-order chi connectivity index (χ0) is 9.57. The fourth-order valence-electron chi connectivity index (χ4n) is 1.06. The van der Waals surface area contributed by atoms with E-state index in [9.17, 15) is 4.91 Å². The lowest BCUT2D eigenvalue weighted by Gasteiger charge is -2.23. The molecular weight excluding hydrogens is 156 g/mol. The minimum Gasteiger partial charge on any atom is -0.758 e. The fraction of sp³-hybridized carbons (Fsp3) is 0.750. The summed E-state index contributed by atoms with van der Waals surface area (Å²) in [5.41, 5.74) is -1.00. The van der Waals surface area contributed by atoms with Crippen molar-refractivity contribution in [3.05, 3.63) is 16.0 Å². The second-order valence-electron chi connectivity index (χ2n) is 3.94. The highest BCUT2D eigenvalue weighted by Crippen LogP contribution is 2.45. The monoisotopic (exact) mass is 168 g/mol. The van der Waals surface area contributed by atoms with E-state index in [1.165, 1.54) is 0 Å². The Morgan fingerprint density at radius 1 is 1.42 bits per heavy atom. The van der Waals surface area contributed by atoms with Crippen LogP contribution in [0.15, 0.2) is 5.70 Å². The van der Waals surface area contributed by atoms with Gasteiger partial charge in [0.1, 0.15) is 5.41 Å². The molecule has 0 unspecified atom stereocenters. The predicted molar refractivity (Wildman–Crippen MR) is 44.5 cm³/mol. The molecule has 1 saturated heterocycles. The van der Waals surface area contributed by atoms with Crippen molar-refractivity contribution in [1.29, 1.82) is 0 Å². The van der Waals surface area contributed by atoms with Gasteiger partial charge in [-0.25, -0.2) is 4.84 Å². The zero-order valence-corrected chi connectivity index (χ0v) is 7.71. The molecule has 1 fully saturated rings. The van der Waals surface area contributed by atoms with Crippen molar-refractivity contribution in [2.45, 2.75) is 33.3 Å². The Morgan fingerprint density at radius 2 is 1.92 bits per heavy atom. The van der Waals surface area contributed by atoms with E-state index in [1.54, 1.807) is 13.8 Å². The van der Waals surface area contributed by atoms with E-state index in [0.29, 0.717) is 4.92 Å². The maximum absolute atomic E-state index is 11.1. The molecule has 0 saturated carbocycles. The molecule has 4 heteroatoms. The minimum absolute atomic E-state index is 0.132. The lowest BCUT2D eigenvalue weighted by molar-refractivity contribution is -0.764. The molecule has 66 valence electrons. The van der Waals surface area contributed by atoms with Crippen molar-refractivity contribution < 1.29 is 9.76 Å². The van der Waals surface area contributed by atoms with E-state index >= 15 is 0 Å². The van der Waals surface area contributed by atoms with Gasteiger partial charge < -0.3 is 5.41 Å². The molecule has 1 rings (SSSR count). The molecule has 1 aliphatic rings. The predicted octanol–water partition coefficient (Wildman–Crippen LogP) is 1.64. The smallest absolute Gasteiger partial charge is 0.322 e. The molecule has 0 aliphatic carbocycles. The van der Waals surface area contributed by atoms with Crippen LogP contribution < -0.4 is 0 Å².